The molecule has 0 aliphatic carbocycles. The highest BCUT2D eigenvalue weighted by molar-refractivity contribution is 5.99. The Balaban J connectivity index is 1.61. The number of aromatic nitrogens is 3. The van der Waals surface area contributed by atoms with Crippen LogP contribution < -0.4 is 10.5 Å². The zero-order valence-corrected chi connectivity index (χ0v) is 17.5. The van der Waals surface area contributed by atoms with Gasteiger partial charge in [0.15, 0.2) is 5.78 Å². The van der Waals surface area contributed by atoms with Gasteiger partial charge in [0.1, 0.15) is 0 Å². The summed E-state index contributed by atoms with van der Waals surface area (Å²) >= 11 is 0. The zero-order chi connectivity index (χ0) is 21.9. The average Bonchev–Trinajstić information content (AvgIpc) is 2.86. The number of anilines is 1. The molecule has 0 N–H and O–H groups in total. The highest BCUT2D eigenvalue weighted by Gasteiger charge is 2.31. The van der Waals surface area contributed by atoms with E-state index in [4.69, 9.17) is 4.98 Å². The summed E-state index contributed by atoms with van der Waals surface area (Å²) in [6.45, 7) is 0.684. The van der Waals surface area contributed by atoms with E-state index >= 15 is 0 Å². The molecule has 0 saturated carbocycles. The molecular formula is C26H22N4O2. The lowest BCUT2D eigenvalue weighted by Gasteiger charge is -2.38. The average molecular weight is 422 g/mol. The van der Waals surface area contributed by atoms with Crippen LogP contribution in [0.4, 0.5) is 5.95 Å². The predicted octanol–water partition coefficient (Wildman–Crippen LogP) is 4.14. The Morgan fingerprint density at radius 1 is 0.938 bits per heavy atom. The first-order valence-corrected chi connectivity index (χ1v) is 10.6. The maximum atomic E-state index is 13.2. The van der Waals surface area contributed by atoms with Crippen molar-refractivity contribution in [1.82, 2.24) is 14.5 Å². The molecule has 3 heterocycles. The van der Waals surface area contributed by atoms with E-state index in [0.717, 1.165) is 17.5 Å². The van der Waals surface area contributed by atoms with Gasteiger partial charge in [-0.05, 0) is 24.1 Å². The summed E-state index contributed by atoms with van der Waals surface area (Å²) in [6, 6.07) is 24.5. The lowest BCUT2D eigenvalue weighted by molar-refractivity contribution is 0.0994. The molecule has 0 amide bonds. The number of benzene rings is 2. The van der Waals surface area contributed by atoms with Gasteiger partial charge in [0, 0.05) is 36.1 Å². The summed E-state index contributed by atoms with van der Waals surface area (Å²) in [5.41, 5.74) is 3.02. The van der Waals surface area contributed by atoms with Crippen LogP contribution in [0.1, 0.15) is 28.4 Å². The number of carbonyl (C=O) groups is 1. The van der Waals surface area contributed by atoms with E-state index in [1.807, 2.05) is 65.6 Å². The summed E-state index contributed by atoms with van der Waals surface area (Å²) < 4.78 is 1.67. The van der Waals surface area contributed by atoms with Crippen molar-refractivity contribution in [3.8, 4) is 11.3 Å². The lowest BCUT2D eigenvalue weighted by atomic mass is 9.99. The van der Waals surface area contributed by atoms with Crippen molar-refractivity contribution in [3.05, 3.63) is 113 Å². The van der Waals surface area contributed by atoms with Crippen molar-refractivity contribution >= 4 is 11.7 Å². The van der Waals surface area contributed by atoms with Gasteiger partial charge < -0.3 is 4.90 Å². The van der Waals surface area contributed by atoms with Gasteiger partial charge in [-0.15, -0.1) is 0 Å². The van der Waals surface area contributed by atoms with Crippen LogP contribution >= 0.6 is 0 Å². The maximum absolute atomic E-state index is 13.2. The van der Waals surface area contributed by atoms with Gasteiger partial charge in [0.2, 0.25) is 5.95 Å². The number of fused-ring (bicyclic) bond motifs is 1. The first-order valence-electron chi connectivity index (χ1n) is 10.6. The van der Waals surface area contributed by atoms with Crippen LogP contribution in [0.2, 0.25) is 0 Å². The minimum atomic E-state index is -0.120. The van der Waals surface area contributed by atoms with Crippen molar-refractivity contribution in [2.75, 3.05) is 11.4 Å². The molecule has 5 rings (SSSR count). The molecule has 2 aromatic heterocycles. The van der Waals surface area contributed by atoms with E-state index in [0.29, 0.717) is 23.8 Å². The van der Waals surface area contributed by atoms with Crippen LogP contribution in [0.3, 0.4) is 0 Å². The van der Waals surface area contributed by atoms with Crippen molar-refractivity contribution < 1.29 is 4.79 Å². The fraction of sp³-hybridized carbons (Fsp3) is 0.154. The smallest absolute Gasteiger partial charge is 0.255 e. The SMILES string of the molecule is O=C(CN1c2nc(-c3ccncc3)cc(=O)n2CCC1c1ccccc1)c1ccccc1. The Hall–Kier alpha value is -4.06. The van der Waals surface area contributed by atoms with Crippen LogP contribution in [0.5, 0.6) is 0 Å². The van der Waals surface area contributed by atoms with Crippen LogP contribution in [0.25, 0.3) is 11.3 Å². The molecule has 0 spiro atoms. The van der Waals surface area contributed by atoms with Gasteiger partial charge in [-0.1, -0.05) is 60.7 Å². The number of nitrogens with zero attached hydrogens (tertiary/aromatic N) is 4. The number of ketones is 1. The summed E-state index contributed by atoms with van der Waals surface area (Å²) in [4.78, 5) is 37.1. The molecule has 1 aliphatic heterocycles. The fourth-order valence-corrected chi connectivity index (χ4v) is 4.21. The predicted molar refractivity (Wildman–Crippen MR) is 124 cm³/mol. The largest absolute Gasteiger partial charge is 0.327 e. The summed E-state index contributed by atoms with van der Waals surface area (Å²) in [7, 11) is 0. The Bertz CT molecular complexity index is 1290. The summed E-state index contributed by atoms with van der Waals surface area (Å²) in [6.07, 6.45) is 4.07. The molecule has 2 aromatic carbocycles. The van der Waals surface area contributed by atoms with Crippen LogP contribution in [-0.4, -0.2) is 26.9 Å². The minimum absolute atomic E-state index is 0.0106. The number of hydrogen-bond donors (Lipinski definition) is 0. The van der Waals surface area contributed by atoms with Crippen LogP contribution in [0, 0.1) is 0 Å². The third-order valence-electron chi connectivity index (χ3n) is 5.82. The topological polar surface area (TPSA) is 68.1 Å². The lowest BCUT2D eigenvalue weighted by Crippen LogP contribution is -2.43. The van der Waals surface area contributed by atoms with E-state index in [1.165, 1.54) is 0 Å². The molecule has 0 fully saturated rings. The number of hydrogen-bond acceptors (Lipinski definition) is 5. The van der Waals surface area contributed by atoms with Gasteiger partial charge in [0.25, 0.3) is 5.56 Å². The third-order valence-corrected chi connectivity index (χ3v) is 5.82. The molecule has 0 radical (unpaired) electrons. The van der Waals surface area contributed by atoms with Crippen molar-refractivity contribution in [1.29, 1.82) is 0 Å². The second-order valence-electron chi connectivity index (χ2n) is 7.80. The molecule has 6 heteroatoms. The molecule has 158 valence electrons. The Labute approximate surface area is 185 Å². The van der Waals surface area contributed by atoms with Crippen LogP contribution in [-0.2, 0) is 6.54 Å². The van der Waals surface area contributed by atoms with Crippen molar-refractivity contribution in [3.63, 3.8) is 0 Å². The highest BCUT2D eigenvalue weighted by Crippen LogP contribution is 2.34. The second-order valence-corrected chi connectivity index (χ2v) is 7.80. The van der Waals surface area contributed by atoms with Gasteiger partial charge in [-0.25, -0.2) is 4.98 Å². The standard InChI is InChI=1S/C26H22N4O2/c31-24(21-9-5-2-6-10-21)18-30-23(20-7-3-1-4-8-20)13-16-29-25(32)17-22(28-26(29)30)19-11-14-27-15-12-19/h1-12,14-15,17,23H,13,16,18H2. The summed E-state index contributed by atoms with van der Waals surface area (Å²) in [5, 5.41) is 0. The molecule has 0 saturated heterocycles. The monoisotopic (exact) mass is 422 g/mol. The molecule has 32 heavy (non-hydrogen) atoms. The molecular weight excluding hydrogens is 400 g/mol. The maximum Gasteiger partial charge on any atom is 0.255 e. The quantitative estimate of drug-likeness (QED) is 0.452. The first kappa shape index (κ1) is 19.9. The number of carbonyl (C=O) groups excluding carboxylic acids is 1. The number of Topliss-reactive ketones (excluding diaryl/α,β-unsaturated/α-hetero) is 1. The summed E-state index contributed by atoms with van der Waals surface area (Å²) in [5.74, 6) is 0.511. The normalized spacial score (nSPS) is 15.2. The minimum Gasteiger partial charge on any atom is -0.327 e. The Kier molecular flexibility index (Phi) is 5.34. The van der Waals surface area contributed by atoms with E-state index in [-0.39, 0.29) is 23.9 Å². The number of rotatable bonds is 5. The van der Waals surface area contributed by atoms with Crippen molar-refractivity contribution in [2.45, 2.75) is 19.0 Å². The van der Waals surface area contributed by atoms with Gasteiger partial charge in [-0.2, -0.15) is 0 Å². The van der Waals surface area contributed by atoms with Crippen molar-refractivity contribution in [2.24, 2.45) is 0 Å². The highest BCUT2D eigenvalue weighted by atomic mass is 16.1. The van der Waals surface area contributed by atoms with Gasteiger partial charge in [-0.3, -0.25) is 19.1 Å². The molecule has 1 unspecified atom stereocenters. The second kappa shape index (κ2) is 8.59. The molecule has 1 aliphatic rings. The Morgan fingerprint density at radius 3 is 2.34 bits per heavy atom. The first-order chi connectivity index (χ1) is 15.7. The van der Waals surface area contributed by atoms with Gasteiger partial charge >= 0.3 is 0 Å². The van der Waals surface area contributed by atoms with E-state index < -0.39 is 0 Å². The molecule has 4 aromatic rings. The fourth-order valence-electron chi connectivity index (χ4n) is 4.21. The van der Waals surface area contributed by atoms with E-state index in [1.54, 1.807) is 23.0 Å². The third kappa shape index (κ3) is 3.83. The Morgan fingerprint density at radius 2 is 1.62 bits per heavy atom. The van der Waals surface area contributed by atoms with Gasteiger partial charge in [0.05, 0.1) is 18.3 Å². The molecule has 1 atom stereocenters. The zero-order valence-electron chi connectivity index (χ0n) is 17.5. The van der Waals surface area contributed by atoms with E-state index in [9.17, 15) is 9.59 Å². The van der Waals surface area contributed by atoms with E-state index in [2.05, 4.69) is 17.1 Å². The number of pyridine rings is 1. The molecule has 6 nitrogen and oxygen atoms in total. The molecule has 0 bridgehead atoms. The van der Waals surface area contributed by atoms with Crippen LogP contribution in [0.15, 0.2) is 96.1 Å².